The van der Waals surface area contributed by atoms with Crippen LogP contribution in [0.5, 0.6) is 0 Å². The van der Waals surface area contributed by atoms with Crippen LogP contribution in [0.15, 0.2) is 35.6 Å². The van der Waals surface area contributed by atoms with E-state index in [9.17, 15) is 0 Å². The molecule has 0 aliphatic carbocycles. The second-order valence-electron chi connectivity index (χ2n) is 6.42. The number of rotatable bonds is 11. The van der Waals surface area contributed by atoms with E-state index in [1.54, 1.807) is 6.33 Å². The van der Waals surface area contributed by atoms with Crippen molar-refractivity contribution in [3.63, 3.8) is 0 Å². The largest absolute Gasteiger partial charge is 0.382 e. The van der Waals surface area contributed by atoms with Crippen molar-refractivity contribution < 1.29 is 4.74 Å². The molecule has 1 unspecified atom stereocenters. The van der Waals surface area contributed by atoms with Gasteiger partial charge in [0.1, 0.15) is 12.2 Å². The number of aryl methyl sites for hydroxylation is 1. The van der Waals surface area contributed by atoms with Gasteiger partial charge in [-0.25, -0.2) is 0 Å². The SMILES string of the molecule is CCOCCCN=C(NCCn1cnnc1CC)NC(C)c1ccc(Cl)cc1. The second kappa shape index (κ2) is 12.4. The Bertz CT molecular complexity index is 716. The summed E-state index contributed by atoms with van der Waals surface area (Å²) in [7, 11) is 0. The molecule has 1 aromatic heterocycles. The second-order valence-corrected chi connectivity index (χ2v) is 6.86. The molecule has 2 aromatic rings. The summed E-state index contributed by atoms with van der Waals surface area (Å²) in [5.74, 6) is 1.77. The zero-order valence-corrected chi connectivity index (χ0v) is 17.7. The van der Waals surface area contributed by atoms with E-state index >= 15 is 0 Å². The fourth-order valence-electron chi connectivity index (χ4n) is 2.73. The first-order valence-electron chi connectivity index (χ1n) is 9.88. The first-order chi connectivity index (χ1) is 13.6. The Labute approximate surface area is 172 Å². The summed E-state index contributed by atoms with van der Waals surface area (Å²) in [6.45, 7) is 9.86. The maximum absolute atomic E-state index is 5.99. The molecule has 0 aliphatic rings. The number of halogens is 1. The summed E-state index contributed by atoms with van der Waals surface area (Å²) in [5.41, 5.74) is 1.15. The molecule has 0 saturated carbocycles. The average molecular weight is 407 g/mol. The zero-order chi connectivity index (χ0) is 20.2. The maximum Gasteiger partial charge on any atom is 0.191 e. The first kappa shape index (κ1) is 22.2. The van der Waals surface area contributed by atoms with Gasteiger partial charge in [-0.2, -0.15) is 0 Å². The summed E-state index contributed by atoms with van der Waals surface area (Å²) in [6, 6.07) is 7.96. The lowest BCUT2D eigenvalue weighted by Gasteiger charge is -2.19. The van der Waals surface area contributed by atoms with Crippen LogP contribution >= 0.6 is 11.6 Å². The fourth-order valence-corrected chi connectivity index (χ4v) is 2.85. The summed E-state index contributed by atoms with van der Waals surface area (Å²) in [6.07, 6.45) is 3.52. The topological polar surface area (TPSA) is 76.4 Å². The van der Waals surface area contributed by atoms with Gasteiger partial charge in [-0.15, -0.1) is 10.2 Å². The van der Waals surface area contributed by atoms with Crippen LogP contribution in [-0.4, -0.2) is 47.0 Å². The molecule has 0 fully saturated rings. The van der Waals surface area contributed by atoms with Gasteiger partial charge in [0.05, 0.1) is 6.04 Å². The number of hydrogen-bond acceptors (Lipinski definition) is 4. The van der Waals surface area contributed by atoms with Crippen molar-refractivity contribution in [1.29, 1.82) is 0 Å². The zero-order valence-electron chi connectivity index (χ0n) is 17.0. The molecule has 1 heterocycles. The normalized spacial score (nSPS) is 12.8. The Morgan fingerprint density at radius 1 is 1.29 bits per heavy atom. The van der Waals surface area contributed by atoms with E-state index in [4.69, 9.17) is 16.3 Å². The number of ether oxygens (including phenoxy) is 1. The van der Waals surface area contributed by atoms with E-state index in [2.05, 4.69) is 44.2 Å². The van der Waals surface area contributed by atoms with Crippen LogP contribution in [0.25, 0.3) is 0 Å². The smallest absolute Gasteiger partial charge is 0.191 e. The van der Waals surface area contributed by atoms with Gasteiger partial charge < -0.3 is 19.9 Å². The van der Waals surface area contributed by atoms with Gasteiger partial charge in [0.25, 0.3) is 0 Å². The molecule has 0 saturated heterocycles. The van der Waals surface area contributed by atoms with E-state index in [0.29, 0.717) is 6.54 Å². The minimum absolute atomic E-state index is 0.108. The van der Waals surface area contributed by atoms with Gasteiger partial charge in [-0.1, -0.05) is 30.7 Å². The van der Waals surface area contributed by atoms with Crippen molar-refractivity contribution in [3.8, 4) is 0 Å². The van der Waals surface area contributed by atoms with Crippen LogP contribution in [0.2, 0.25) is 5.02 Å². The highest BCUT2D eigenvalue weighted by Gasteiger charge is 2.09. The molecule has 0 radical (unpaired) electrons. The van der Waals surface area contributed by atoms with Crippen molar-refractivity contribution >= 4 is 17.6 Å². The molecule has 8 heteroatoms. The van der Waals surface area contributed by atoms with Crippen LogP contribution in [-0.2, 0) is 17.7 Å². The van der Waals surface area contributed by atoms with E-state index in [1.807, 2.05) is 31.2 Å². The molecule has 1 atom stereocenters. The van der Waals surface area contributed by atoms with E-state index < -0.39 is 0 Å². The van der Waals surface area contributed by atoms with Gasteiger partial charge in [0, 0.05) is 44.3 Å². The molecule has 2 rings (SSSR count). The van der Waals surface area contributed by atoms with Crippen molar-refractivity contribution in [3.05, 3.63) is 47.0 Å². The van der Waals surface area contributed by atoms with E-state index in [-0.39, 0.29) is 6.04 Å². The number of hydrogen-bond donors (Lipinski definition) is 2. The van der Waals surface area contributed by atoms with Gasteiger partial charge >= 0.3 is 0 Å². The Morgan fingerprint density at radius 2 is 2.07 bits per heavy atom. The number of nitrogens with zero attached hydrogens (tertiary/aromatic N) is 4. The molecule has 2 N–H and O–H groups in total. The van der Waals surface area contributed by atoms with Crippen molar-refractivity contribution in [1.82, 2.24) is 25.4 Å². The molecular weight excluding hydrogens is 376 g/mol. The quantitative estimate of drug-likeness (QED) is 0.340. The van der Waals surface area contributed by atoms with Gasteiger partial charge in [-0.3, -0.25) is 4.99 Å². The van der Waals surface area contributed by atoms with Crippen molar-refractivity contribution in [2.45, 2.75) is 46.2 Å². The summed E-state index contributed by atoms with van der Waals surface area (Å²) < 4.78 is 7.45. The highest BCUT2D eigenvalue weighted by Crippen LogP contribution is 2.15. The van der Waals surface area contributed by atoms with Crippen LogP contribution < -0.4 is 10.6 Å². The maximum atomic E-state index is 5.99. The number of nitrogens with one attached hydrogen (secondary N) is 2. The van der Waals surface area contributed by atoms with Gasteiger partial charge in [0.2, 0.25) is 0 Å². The molecule has 0 spiro atoms. The number of aromatic nitrogens is 3. The summed E-state index contributed by atoms with van der Waals surface area (Å²) >= 11 is 5.99. The third-order valence-electron chi connectivity index (χ3n) is 4.30. The third-order valence-corrected chi connectivity index (χ3v) is 4.55. The Balaban J connectivity index is 1.93. The Kier molecular flexibility index (Phi) is 9.79. The highest BCUT2D eigenvalue weighted by molar-refractivity contribution is 6.30. The fraction of sp³-hybridized carbons (Fsp3) is 0.550. The average Bonchev–Trinajstić information content (AvgIpc) is 3.15. The van der Waals surface area contributed by atoms with Crippen LogP contribution in [0.4, 0.5) is 0 Å². The van der Waals surface area contributed by atoms with Crippen LogP contribution in [0.1, 0.15) is 44.6 Å². The summed E-state index contributed by atoms with van der Waals surface area (Å²) in [4.78, 5) is 4.69. The minimum atomic E-state index is 0.108. The highest BCUT2D eigenvalue weighted by atomic mass is 35.5. The van der Waals surface area contributed by atoms with Crippen molar-refractivity contribution in [2.75, 3.05) is 26.3 Å². The Morgan fingerprint density at radius 3 is 2.79 bits per heavy atom. The molecule has 1 aromatic carbocycles. The van der Waals surface area contributed by atoms with Crippen molar-refractivity contribution in [2.24, 2.45) is 4.99 Å². The number of aliphatic imine (C=N–C) groups is 1. The lowest BCUT2D eigenvalue weighted by molar-refractivity contribution is 0.146. The minimum Gasteiger partial charge on any atom is -0.382 e. The third kappa shape index (κ3) is 7.48. The van der Waals surface area contributed by atoms with Gasteiger partial charge in [-0.05, 0) is 38.0 Å². The predicted octanol–water partition coefficient (Wildman–Crippen LogP) is 3.22. The molecule has 0 bridgehead atoms. The molecular formula is C20H31ClN6O. The van der Waals surface area contributed by atoms with E-state index in [0.717, 1.165) is 61.5 Å². The number of guanidine groups is 1. The van der Waals surface area contributed by atoms with Gasteiger partial charge in [0.15, 0.2) is 5.96 Å². The van der Waals surface area contributed by atoms with Crippen LogP contribution in [0, 0.1) is 0 Å². The molecule has 0 amide bonds. The Hall–Kier alpha value is -2.12. The lowest BCUT2D eigenvalue weighted by atomic mass is 10.1. The molecule has 7 nitrogen and oxygen atoms in total. The molecule has 154 valence electrons. The standard InChI is InChI=1S/C20H31ClN6O/c1-4-19-26-24-15-27(19)13-12-23-20(22-11-6-14-28-5-2)25-16(3)17-7-9-18(21)10-8-17/h7-10,15-16H,4-6,11-14H2,1-3H3,(H2,22,23,25). The number of benzene rings is 1. The lowest BCUT2D eigenvalue weighted by Crippen LogP contribution is -2.40. The molecule has 28 heavy (non-hydrogen) atoms. The van der Waals surface area contributed by atoms with Crippen LogP contribution in [0.3, 0.4) is 0 Å². The first-order valence-corrected chi connectivity index (χ1v) is 10.3. The monoisotopic (exact) mass is 406 g/mol. The molecule has 0 aliphatic heterocycles. The predicted molar refractivity (Wildman–Crippen MR) is 114 cm³/mol. The summed E-state index contributed by atoms with van der Waals surface area (Å²) in [5, 5.41) is 15.7. The van der Waals surface area contributed by atoms with E-state index in [1.165, 1.54) is 0 Å².